The molecular weight excluding hydrogens is 398 g/mol. The van der Waals surface area contributed by atoms with E-state index in [0.29, 0.717) is 11.1 Å². The molecule has 0 aliphatic heterocycles. The fraction of sp³-hybridized carbons (Fsp3) is 0.267. The van der Waals surface area contributed by atoms with Crippen LogP contribution in [0, 0.1) is 42.2 Å². The van der Waals surface area contributed by atoms with E-state index in [-0.39, 0.29) is 11.4 Å². The van der Waals surface area contributed by atoms with Crippen LogP contribution in [0.3, 0.4) is 0 Å². The van der Waals surface area contributed by atoms with Crippen LogP contribution in [0.4, 0.5) is 8.78 Å². The molecule has 0 nitrogen and oxygen atoms in total. The molecule has 0 fully saturated rings. The van der Waals surface area contributed by atoms with Crippen LogP contribution in [0.1, 0.15) is 72.4 Å². The average Bonchev–Trinajstić information content (AvgIpc) is 2.79. The summed E-state index contributed by atoms with van der Waals surface area (Å²) < 4.78 is 28.8. The van der Waals surface area contributed by atoms with Gasteiger partial charge >= 0.3 is 0 Å². The van der Waals surface area contributed by atoms with Crippen molar-refractivity contribution >= 4 is 0 Å². The molecule has 0 saturated heterocycles. The molecule has 32 heavy (non-hydrogen) atoms. The molecule has 162 valence electrons. The minimum atomic E-state index is -0.433. The number of halogens is 2. The van der Waals surface area contributed by atoms with E-state index in [1.165, 1.54) is 37.0 Å². The fourth-order valence-corrected chi connectivity index (χ4v) is 3.36. The van der Waals surface area contributed by atoms with Crippen molar-refractivity contribution in [2.24, 2.45) is 0 Å². The van der Waals surface area contributed by atoms with Gasteiger partial charge in [-0.1, -0.05) is 80.1 Å². The van der Waals surface area contributed by atoms with E-state index in [0.717, 1.165) is 30.4 Å². The highest BCUT2D eigenvalue weighted by molar-refractivity contribution is 5.49. The summed E-state index contributed by atoms with van der Waals surface area (Å²) in [4.78, 5) is 0. The van der Waals surface area contributed by atoms with Gasteiger partial charge in [0.15, 0.2) is 0 Å². The highest BCUT2D eigenvalue weighted by Crippen LogP contribution is 2.15. The zero-order chi connectivity index (χ0) is 22.8. The first-order chi connectivity index (χ1) is 15.5. The Morgan fingerprint density at radius 2 is 1.22 bits per heavy atom. The van der Waals surface area contributed by atoms with Gasteiger partial charge in [0.05, 0.1) is 5.56 Å². The van der Waals surface area contributed by atoms with Crippen LogP contribution < -0.4 is 0 Å². The van der Waals surface area contributed by atoms with Gasteiger partial charge < -0.3 is 0 Å². The molecule has 0 aromatic heterocycles. The van der Waals surface area contributed by atoms with E-state index in [9.17, 15) is 8.78 Å². The van der Waals surface area contributed by atoms with E-state index < -0.39 is 5.82 Å². The number of rotatable bonds is 6. The summed E-state index contributed by atoms with van der Waals surface area (Å²) in [5.74, 6) is 11.0. The quantitative estimate of drug-likeness (QED) is 0.281. The summed E-state index contributed by atoms with van der Waals surface area (Å²) in [6.07, 6.45) is 6.48. The third-order valence-corrected chi connectivity index (χ3v) is 5.32. The summed E-state index contributed by atoms with van der Waals surface area (Å²) in [6, 6.07) is 17.6. The predicted molar refractivity (Wildman–Crippen MR) is 128 cm³/mol. The lowest BCUT2D eigenvalue weighted by molar-refractivity contribution is 0.587. The molecule has 2 heteroatoms. The second-order valence-corrected chi connectivity index (χ2v) is 8.03. The fourth-order valence-electron chi connectivity index (χ4n) is 3.36. The predicted octanol–water partition coefficient (Wildman–Crippen LogP) is 7.59. The normalized spacial score (nSPS) is 10.1. The first-order valence-corrected chi connectivity index (χ1v) is 11.2. The minimum absolute atomic E-state index is 0.241. The van der Waals surface area contributed by atoms with Gasteiger partial charge in [-0.25, -0.2) is 8.78 Å². The SMILES string of the molecule is CCCCCCCc1ccc(C#Cc2ccc(C#Cc3ccc(C)cc3)cc2F)cc1F. The second-order valence-electron chi connectivity index (χ2n) is 8.03. The summed E-state index contributed by atoms with van der Waals surface area (Å²) in [7, 11) is 0. The molecule has 3 aromatic rings. The van der Waals surface area contributed by atoms with Crippen molar-refractivity contribution in [3.8, 4) is 23.7 Å². The van der Waals surface area contributed by atoms with Gasteiger partial charge in [0.2, 0.25) is 0 Å². The molecule has 0 heterocycles. The third-order valence-electron chi connectivity index (χ3n) is 5.32. The Kier molecular flexibility index (Phi) is 8.65. The first-order valence-electron chi connectivity index (χ1n) is 11.2. The summed E-state index contributed by atoms with van der Waals surface area (Å²) in [5, 5.41) is 0. The monoisotopic (exact) mass is 426 g/mol. The number of unbranched alkanes of at least 4 members (excludes halogenated alkanes) is 4. The van der Waals surface area contributed by atoms with Crippen molar-refractivity contribution in [1.82, 2.24) is 0 Å². The molecule has 0 N–H and O–H groups in total. The van der Waals surface area contributed by atoms with E-state index >= 15 is 0 Å². The molecule has 0 atom stereocenters. The van der Waals surface area contributed by atoms with Gasteiger partial charge in [0.1, 0.15) is 11.6 Å². The maximum atomic E-state index is 14.5. The van der Waals surface area contributed by atoms with E-state index in [1.807, 2.05) is 31.2 Å². The number of hydrogen-bond acceptors (Lipinski definition) is 0. The van der Waals surface area contributed by atoms with Crippen LogP contribution in [0.15, 0.2) is 60.7 Å². The number of aryl methyl sites for hydroxylation is 2. The molecule has 0 amide bonds. The second kappa shape index (κ2) is 11.9. The summed E-state index contributed by atoms with van der Waals surface area (Å²) in [5.41, 5.74) is 4.16. The summed E-state index contributed by atoms with van der Waals surface area (Å²) in [6.45, 7) is 4.20. The number of benzene rings is 3. The Bertz CT molecular complexity index is 1170. The molecule has 0 radical (unpaired) electrons. The Hall–Kier alpha value is -3.36. The smallest absolute Gasteiger partial charge is 0.140 e. The van der Waals surface area contributed by atoms with Gasteiger partial charge in [-0.15, -0.1) is 0 Å². The van der Waals surface area contributed by atoms with Crippen LogP contribution >= 0.6 is 0 Å². The summed E-state index contributed by atoms with van der Waals surface area (Å²) >= 11 is 0. The molecule has 3 aromatic carbocycles. The van der Waals surface area contributed by atoms with Crippen LogP contribution in [0.2, 0.25) is 0 Å². The molecule has 3 rings (SSSR count). The molecular formula is C30H28F2. The van der Waals surface area contributed by atoms with Gasteiger partial charge in [-0.05, 0) is 67.8 Å². The molecule has 0 unspecified atom stereocenters. The van der Waals surface area contributed by atoms with Crippen molar-refractivity contribution in [2.75, 3.05) is 0 Å². The van der Waals surface area contributed by atoms with Crippen LogP contribution in [-0.2, 0) is 6.42 Å². The minimum Gasteiger partial charge on any atom is -0.207 e. The van der Waals surface area contributed by atoms with Crippen LogP contribution in [-0.4, -0.2) is 0 Å². The Balaban J connectivity index is 1.65. The lowest BCUT2D eigenvalue weighted by atomic mass is 10.0. The Morgan fingerprint density at radius 3 is 1.91 bits per heavy atom. The van der Waals surface area contributed by atoms with Crippen molar-refractivity contribution in [2.45, 2.75) is 52.4 Å². The Labute approximate surface area is 190 Å². The van der Waals surface area contributed by atoms with E-state index in [1.54, 1.807) is 24.3 Å². The zero-order valence-corrected chi connectivity index (χ0v) is 18.8. The van der Waals surface area contributed by atoms with Crippen LogP contribution in [0.25, 0.3) is 0 Å². The number of hydrogen-bond donors (Lipinski definition) is 0. The molecule has 0 aliphatic carbocycles. The highest BCUT2D eigenvalue weighted by atomic mass is 19.1. The van der Waals surface area contributed by atoms with Gasteiger partial charge in [-0.2, -0.15) is 0 Å². The zero-order valence-electron chi connectivity index (χ0n) is 18.8. The van der Waals surface area contributed by atoms with Crippen molar-refractivity contribution < 1.29 is 8.78 Å². The maximum Gasteiger partial charge on any atom is 0.140 e. The molecule has 0 saturated carbocycles. The average molecular weight is 427 g/mol. The standard InChI is InChI=1S/C30H28F2/c1-3-4-5-6-7-8-27-18-15-26(22-29(27)31)17-20-28-19-16-25(21-30(28)32)14-13-24-11-9-23(2)10-12-24/h9-12,15-16,18-19,21-22H,3-8H2,1-2H3. The van der Waals surface area contributed by atoms with E-state index in [2.05, 4.69) is 30.6 Å². The van der Waals surface area contributed by atoms with Crippen molar-refractivity contribution in [3.05, 3.63) is 106 Å². The molecule has 0 bridgehead atoms. The van der Waals surface area contributed by atoms with Crippen molar-refractivity contribution in [1.29, 1.82) is 0 Å². The Morgan fingerprint density at radius 1 is 0.625 bits per heavy atom. The lowest BCUT2D eigenvalue weighted by Gasteiger charge is -2.04. The lowest BCUT2D eigenvalue weighted by Crippen LogP contribution is -1.92. The van der Waals surface area contributed by atoms with Gasteiger partial charge in [0.25, 0.3) is 0 Å². The third kappa shape index (κ3) is 7.11. The highest BCUT2D eigenvalue weighted by Gasteiger charge is 2.04. The van der Waals surface area contributed by atoms with Crippen molar-refractivity contribution in [3.63, 3.8) is 0 Å². The molecule has 0 aliphatic rings. The van der Waals surface area contributed by atoms with Crippen LogP contribution in [0.5, 0.6) is 0 Å². The molecule has 0 spiro atoms. The topological polar surface area (TPSA) is 0 Å². The van der Waals surface area contributed by atoms with Gasteiger partial charge in [0, 0.05) is 16.7 Å². The van der Waals surface area contributed by atoms with E-state index in [4.69, 9.17) is 0 Å². The largest absolute Gasteiger partial charge is 0.207 e. The maximum absolute atomic E-state index is 14.5. The van der Waals surface area contributed by atoms with Gasteiger partial charge in [-0.3, -0.25) is 0 Å². The first kappa shape index (κ1) is 23.3.